The monoisotopic (exact) mass is 396 g/mol. The Bertz CT molecular complexity index is 923. The fraction of sp³-hybridized carbons (Fsp3) is 0.190. The van der Waals surface area contributed by atoms with Crippen LogP contribution in [-0.4, -0.2) is 42.9 Å². The molecule has 7 heteroatoms. The van der Waals surface area contributed by atoms with Crippen LogP contribution in [0.4, 0.5) is 5.69 Å². The van der Waals surface area contributed by atoms with Gasteiger partial charge >= 0.3 is 0 Å². The Hall–Kier alpha value is -2.90. The highest BCUT2D eigenvalue weighted by Crippen LogP contribution is 2.39. The number of amides is 3. The summed E-state index contributed by atoms with van der Waals surface area (Å²) < 4.78 is 5.04. The van der Waals surface area contributed by atoms with Crippen molar-refractivity contribution < 1.29 is 19.1 Å². The fourth-order valence-electron chi connectivity index (χ4n) is 2.82. The summed E-state index contributed by atoms with van der Waals surface area (Å²) in [6, 6.07) is 16.3. The van der Waals surface area contributed by atoms with Gasteiger partial charge in [0, 0.05) is 24.6 Å². The number of hydrogen-bond donors (Lipinski definition) is 1. The quantitative estimate of drug-likeness (QED) is 0.728. The summed E-state index contributed by atoms with van der Waals surface area (Å²) in [6.07, 6.45) is 0. The molecule has 1 aliphatic heterocycles. The van der Waals surface area contributed by atoms with Gasteiger partial charge < -0.3 is 10.1 Å². The molecule has 0 atom stereocenters. The minimum atomic E-state index is -0.340. The molecule has 0 radical (unpaired) electrons. The lowest BCUT2D eigenvalue weighted by Gasteiger charge is -2.14. The number of rotatable bonds is 7. The molecule has 0 saturated heterocycles. The van der Waals surface area contributed by atoms with Crippen LogP contribution >= 0.6 is 11.8 Å². The number of carbonyl (C=O) groups is 3. The highest BCUT2D eigenvalue weighted by molar-refractivity contribution is 8.04. The molecule has 0 spiro atoms. The van der Waals surface area contributed by atoms with Crippen LogP contribution in [0.3, 0.4) is 0 Å². The first-order valence-electron chi connectivity index (χ1n) is 8.71. The Kier molecular flexibility index (Phi) is 6.28. The zero-order valence-corrected chi connectivity index (χ0v) is 16.4. The van der Waals surface area contributed by atoms with Crippen LogP contribution in [0.15, 0.2) is 64.4 Å². The first kappa shape index (κ1) is 19.9. The third-order valence-electron chi connectivity index (χ3n) is 4.10. The third kappa shape index (κ3) is 4.32. The molecule has 0 bridgehead atoms. The summed E-state index contributed by atoms with van der Waals surface area (Å²) in [5, 5.41) is 2.69. The Morgan fingerprint density at radius 2 is 1.71 bits per heavy atom. The molecule has 0 aromatic heterocycles. The average Bonchev–Trinajstić information content (AvgIpc) is 2.91. The first-order chi connectivity index (χ1) is 13.5. The molecule has 144 valence electrons. The zero-order chi connectivity index (χ0) is 20.1. The molecule has 0 saturated carbocycles. The van der Waals surface area contributed by atoms with Crippen LogP contribution in [0.25, 0.3) is 5.57 Å². The van der Waals surface area contributed by atoms with Crippen LogP contribution in [0.5, 0.6) is 0 Å². The van der Waals surface area contributed by atoms with E-state index in [1.807, 2.05) is 30.3 Å². The summed E-state index contributed by atoms with van der Waals surface area (Å²) in [7, 11) is 1.53. The van der Waals surface area contributed by atoms with Gasteiger partial charge in [-0.1, -0.05) is 42.1 Å². The van der Waals surface area contributed by atoms with Gasteiger partial charge in [-0.25, -0.2) is 0 Å². The van der Waals surface area contributed by atoms with Gasteiger partial charge in [-0.15, -0.1) is 0 Å². The SMILES string of the molecule is COCCN1C(=O)C(Sc2ccccc2)=C(c2ccc(NC(C)=O)cc2)C1=O. The van der Waals surface area contributed by atoms with Crippen molar-refractivity contribution in [3.8, 4) is 0 Å². The van der Waals surface area contributed by atoms with Gasteiger partial charge in [0.2, 0.25) is 5.91 Å². The summed E-state index contributed by atoms with van der Waals surface area (Å²) >= 11 is 1.28. The van der Waals surface area contributed by atoms with Crippen LogP contribution in [0.2, 0.25) is 0 Å². The minimum Gasteiger partial charge on any atom is -0.383 e. The molecule has 1 N–H and O–H groups in total. The molecule has 2 aromatic rings. The van der Waals surface area contributed by atoms with Crippen molar-refractivity contribution in [2.75, 3.05) is 25.6 Å². The lowest BCUT2D eigenvalue weighted by Crippen LogP contribution is -2.34. The van der Waals surface area contributed by atoms with E-state index in [0.29, 0.717) is 21.7 Å². The maximum absolute atomic E-state index is 13.0. The van der Waals surface area contributed by atoms with Gasteiger partial charge in [0.15, 0.2) is 0 Å². The number of thioether (sulfide) groups is 1. The predicted octanol–water partition coefficient (Wildman–Crippen LogP) is 3.16. The minimum absolute atomic E-state index is 0.176. The first-order valence-corrected chi connectivity index (χ1v) is 9.53. The Labute approximate surface area is 167 Å². The van der Waals surface area contributed by atoms with E-state index in [0.717, 1.165) is 4.90 Å². The molecule has 0 aliphatic carbocycles. The summed E-state index contributed by atoms with van der Waals surface area (Å²) in [4.78, 5) is 39.6. The molecular weight excluding hydrogens is 376 g/mol. The zero-order valence-electron chi connectivity index (χ0n) is 15.6. The summed E-state index contributed by atoms with van der Waals surface area (Å²) in [5.41, 5.74) is 1.62. The molecule has 1 heterocycles. The maximum Gasteiger partial charge on any atom is 0.268 e. The predicted molar refractivity (Wildman–Crippen MR) is 109 cm³/mol. The van der Waals surface area contributed by atoms with Crippen molar-refractivity contribution >= 4 is 40.7 Å². The molecule has 2 aromatic carbocycles. The summed E-state index contributed by atoms with van der Waals surface area (Å²) in [6.45, 7) is 1.90. The standard InChI is InChI=1S/C21H20N2O4S/c1-14(24)22-16-10-8-15(9-11-16)18-19(28-17-6-4-3-5-7-17)21(26)23(20(18)25)12-13-27-2/h3-11H,12-13H2,1-2H3,(H,22,24). The molecule has 28 heavy (non-hydrogen) atoms. The highest BCUT2D eigenvalue weighted by Gasteiger charge is 2.39. The Morgan fingerprint density at radius 3 is 2.32 bits per heavy atom. The van der Waals surface area contributed by atoms with Gasteiger partial charge in [0.05, 0.1) is 23.6 Å². The van der Waals surface area contributed by atoms with E-state index in [1.165, 1.54) is 30.7 Å². The number of nitrogens with zero attached hydrogens (tertiary/aromatic N) is 1. The lowest BCUT2D eigenvalue weighted by atomic mass is 10.1. The highest BCUT2D eigenvalue weighted by atomic mass is 32.2. The number of ether oxygens (including phenoxy) is 1. The average molecular weight is 396 g/mol. The van der Waals surface area contributed by atoms with Crippen LogP contribution in [0, 0.1) is 0 Å². The third-order valence-corrected chi connectivity index (χ3v) is 5.19. The molecule has 3 rings (SSSR count). The normalized spacial score (nSPS) is 14.0. The lowest BCUT2D eigenvalue weighted by molar-refractivity contribution is -0.137. The number of nitrogens with one attached hydrogen (secondary N) is 1. The number of carbonyl (C=O) groups excluding carboxylic acids is 3. The van der Waals surface area contributed by atoms with Crippen molar-refractivity contribution in [2.45, 2.75) is 11.8 Å². The second kappa shape index (κ2) is 8.86. The van der Waals surface area contributed by atoms with E-state index in [2.05, 4.69) is 5.32 Å². The number of methoxy groups -OCH3 is 1. The van der Waals surface area contributed by atoms with E-state index in [-0.39, 0.29) is 30.9 Å². The number of anilines is 1. The van der Waals surface area contributed by atoms with Crippen molar-refractivity contribution in [1.82, 2.24) is 4.90 Å². The Balaban J connectivity index is 1.98. The van der Waals surface area contributed by atoms with Crippen molar-refractivity contribution in [3.63, 3.8) is 0 Å². The largest absolute Gasteiger partial charge is 0.383 e. The van der Waals surface area contributed by atoms with E-state index in [9.17, 15) is 14.4 Å². The topological polar surface area (TPSA) is 75.7 Å². The second-order valence-electron chi connectivity index (χ2n) is 6.13. The van der Waals surface area contributed by atoms with Gasteiger partial charge in [0.1, 0.15) is 0 Å². The molecule has 6 nitrogen and oxygen atoms in total. The van der Waals surface area contributed by atoms with E-state index in [1.54, 1.807) is 24.3 Å². The Morgan fingerprint density at radius 1 is 1.04 bits per heavy atom. The van der Waals surface area contributed by atoms with Gasteiger partial charge in [-0.2, -0.15) is 0 Å². The molecular formula is C21H20N2O4S. The van der Waals surface area contributed by atoms with Gasteiger partial charge in [-0.3, -0.25) is 19.3 Å². The van der Waals surface area contributed by atoms with E-state index < -0.39 is 0 Å². The second-order valence-corrected chi connectivity index (χ2v) is 7.22. The van der Waals surface area contributed by atoms with E-state index >= 15 is 0 Å². The molecule has 0 unspecified atom stereocenters. The maximum atomic E-state index is 13.0. The van der Waals surface area contributed by atoms with Crippen LogP contribution in [-0.2, 0) is 19.1 Å². The van der Waals surface area contributed by atoms with Crippen molar-refractivity contribution in [3.05, 3.63) is 65.1 Å². The van der Waals surface area contributed by atoms with E-state index in [4.69, 9.17) is 4.74 Å². The number of imide groups is 1. The number of hydrogen-bond acceptors (Lipinski definition) is 5. The molecule has 0 fully saturated rings. The van der Waals surface area contributed by atoms with Crippen molar-refractivity contribution in [1.29, 1.82) is 0 Å². The fourth-order valence-corrected chi connectivity index (χ4v) is 3.85. The van der Waals surface area contributed by atoms with Crippen molar-refractivity contribution in [2.24, 2.45) is 0 Å². The van der Waals surface area contributed by atoms with Gasteiger partial charge in [0.25, 0.3) is 11.8 Å². The smallest absolute Gasteiger partial charge is 0.268 e. The van der Waals surface area contributed by atoms with Crippen LogP contribution < -0.4 is 5.32 Å². The molecule has 1 aliphatic rings. The van der Waals surface area contributed by atoms with Gasteiger partial charge in [-0.05, 0) is 29.8 Å². The summed E-state index contributed by atoms with van der Waals surface area (Å²) in [5.74, 6) is -0.838. The molecule has 3 amide bonds. The van der Waals surface area contributed by atoms with Crippen LogP contribution in [0.1, 0.15) is 12.5 Å². The number of benzene rings is 2.